The van der Waals surface area contributed by atoms with E-state index in [2.05, 4.69) is 26.1 Å². The van der Waals surface area contributed by atoms with E-state index in [1.165, 1.54) is 18.4 Å². The minimum absolute atomic E-state index is 0.221. The summed E-state index contributed by atoms with van der Waals surface area (Å²) < 4.78 is 25.1. The maximum Gasteiger partial charge on any atom is 0.242 e. The lowest BCUT2D eigenvalue weighted by molar-refractivity contribution is 0.496. The Hall–Kier alpha value is -0.910. The number of benzene rings is 1. The molecular formula is C14H24N2O2S. The molecule has 1 atom stereocenters. The third-order valence-electron chi connectivity index (χ3n) is 2.99. The highest BCUT2D eigenvalue weighted by atomic mass is 32.2. The summed E-state index contributed by atoms with van der Waals surface area (Å²) in [6, 6.07) is 7.29. The van der Waals surface area contributed by atoms with Crippen LogP contribution in [0.4, 0.5) is 0 Å². The van der Waals surface area contributed by atoms with Crippen LogP contribution in [0.25, 0.3) is 0 Å². The van der Waals surface area contributed by atoms with Gasteiger partial charge in [-0.25, -0.2) is 12.7 Å². The van der Waals surface area contributed by atoms with Gasteiger partial charge in [0.15, 0.2) is 0 Å². The molecule has 0 saturated carbocycles. The Bertz CT molecular complexity index is 493. The quantitative estimate of drug-likeness (QED) is 0.871. The Balaban J connectivity index is 2.82. The van der Waals surface area contributed by atoms with Gasteiger partial charge in [0.1, 0.15) is 0 Å². The van der Waals surface area contributed by atoms with Crippen molar-refractivity contribution in [1.29, 1.82) is 0 Å². The highest BCUT2D eigenvalue weighted by Gasteiger charge is 2.17. The summed E-state index contributed by atoms with van der Waals surface area (Å²) in [5.74, 6) is 0.593. The average molecular weight is 284 g/mol. The Morgan fingerprint density at radius 3 is 2.05 bits per heavy atom. The minimum Gasteiger partial charge on any atom is -0.310 e. The minimum atomic E-state index is -3.33. The number of hydrogen-bond donors (Lipinski definition) is 1. The molecule has 108 valence electrons. The van der Waals surface area contributed by atoms with E-state index in [1.807, 2.05) is 12.1 Å². The molecule has 4 nitrogen and oxygen atoms in total. The molecule has 0 spiro atoms. The van der Waals surface area contributed by atoms with Crippen LogP contribution in [0.3, 0.4) is 0 Å². The van der Waals surface area contributed by atoms with E-state index in [1.54, 1.807) is 12.1 Å². The molecule has 0 aliphatic rings. The van der Waals surface area contributed by atoms with E-state index in [-0.39, 0.29) is 6.04 Å². The van der Waals surface area contributed by atoms with Gasteiger partial charge in [0.25, 0.3) is 0 Å². The van der Waals surface area contributed by atoms with Crippen molar-refractivity contribution in [1.82, 2.24) is 9.62 Å². The van der Waals surface area contributed by atoms with Crippen LogP contribution in [0, 0.1) is 5.92 Å². The first-order chi connectivity index (χ1) is 8.75. The maximum absolute atomic E-state index is 11.9. The van der Waals surface area contributed by atoms with E-state index < -0.39 is 10.0 Å². The topological polar surface area (TPSA) is 49.4 Å². The lowest BCUT2D eigenvalue weighted by atomic mass is 10.1. The van der Waals surface area contributed by atoms with Crippen molar-refractivity contribution in [2.75, 3.05) is 20.6 Å². The van der Waals surface area contributed by atoms with E-state index in [4.69, 9.17) is 0 Å². The third-order valence-corrected chi connectivity index (χ3v) is 4.82. The van der Waals surface area contributed by atoms with Gasteiger partial charge in [-0.05, 0) is 37.1 Å². The summed E-state index contributed by atoms with van der Waals surface area (Å²) in [5, 5.41) is 3.42. The normalized spacial score (nSPS) is 14.1. The first-order valence-corrected chi connectivity index (χ1v) is 7.95. The second-order valence-corrected chi connectivity index (χ2v) is 7.53. The third kappa shape index (κ3) is 4.30. The first-order valence-electron chi connectivity index (χ1n) is 6.51. The maximum atomic E-state index is 11.9. The molecule has 1 unspecified atom stereocenters. The molecule has 0 bridgehead atoms. The Kier molecular flexibility index (Phi) is 5.52. The standard InChI is InChI=1S/C14H24N2O2S/c1-11(2)10-15-12(3)13-6-8-14(9-7-13)19(17,18)16(4)5/h6-9,11-12,15H,10H2,1-5H3. The fourth-order valence-electron chi connectivity index (χ4n) is 1.67. The number of rotatable bonds is 6. The van der Waals surface area contributed by atoms with Crippen LogP contribution >= 0.6 is 0 Å². The van der Waals surface area contributed by atoms with Gasteiger partial charge < -0.3 is 5.32 Å². The van der Waals surface area contributed by atoms with Crippen molar-refractivity contribution in [2.24, 2.45) is 5.92 Å². The smallest absolute Gasteiger partial charge is 0.242 e. The zero-order valence-electron chi connectivity index (χ0n) is 12.3. The largest absolute Gasteiger partial charge is 0.310 e. The van der Waals surface area contributed by atoms with Crippen molar-refractivity contribution in [3.63, 3.8) is 0 Å². The van der Waals surface area contributed by atoms with Gasteiger partial charge in [-0.15, -0.1) is 0 Å². The average Bonchev–Trinajstić information content (AvgIpc) is 2.35. The van der Waals surface area contributed by atoms with Gasteiger partial charge in [0.2, 0.25) is 10.0 Å². The number of sulfonamides is 1. The number of hydrogen-bond acceptors (Lipinski definition) is 3. The van der Waals surface area contributed by atoms with Crippen LogP contribution in [-0.2, 0) is 10.0 Å². The van der Waals surface area contributed by atoms with Gasteiger partial charge in [-0.2, -0.15) is 0 Å². The molecule has 1 N–H and O–H groups in total. The summed E-state index contributed by atoms with van der Waals surface area (Å²) in [4.78, 5) is 0.331. The monoisotopic (exact) mass is 284 g/mol. The summed E-state index contributed by atoms with van der Waals surface area (Å²) in [6.45, 7) is 7.34. The molecule has 0 aromatic heterocycles. The fraction of sp³-hybridized carbons (Fsp3) is 0.571. The fourth-order valence-corrected chi connectivity index (χ4v) is 2.57. The van der Waals surface area contributed by atoms with Crippen molar-refractivity contribution < 1.29 is 8.42 Å². The second kappa shape index (κ2) is 6.50. The van der Waals surface area contributed by atoms with Gasteiger partial charge in [0.05, 0.1) is 4.90 Å². The molecule has 0 amide bonds. The van der Waals surface area contributed by atoms with Gasteiger partial charge >= 0.3 is 0 Å². The van der Waals surface area contributed by atoms with E-state index in [0.717, 1.165) is 12.1 Å². The van der Waals surface area contributed by atoms with Crippen LogP contribution in [-0.4, -0.2) is 33.4 Å². The van der Waals surface area contributed by atoms with Gasteiger partial charge in [-0.1, -0.05) is 26.0 Å². The predicted octanol–water partition coefficient (Wildman–Crippen LogP) is 2.24. The van der Waals surface area contributed by atoms with Gasteiger partial charge in [0, 0.05) is 20.1 Å². The Morgan fingerprint density at radius 2 is 1.63 bits per heavy atom. The lowest BCUT2D eigenvalue weighted by Crippen LogP contribution is -2.24. The molecule has 0 aliphatic carbocycles. The predicted molar refractivity (Wildman–Crippen MR) is 78.6 cm³/mol. The molecule has 0 saturated heterocycles. The molecule has 0 heterocycles. The summed E-state index contributed by atoms with van der Waals surface area (Å²) in [5.41, 5.74) is 1.10. The molecule has 1 aromatic rings. The van der Waals surface area contributed by atoms with Crippen LogP contribution in [0.2, 0.25) is 0 Å². The summed E-state index contributed by atoms with van der Waals surface area (Å²) in [7, 11) is -0.257. The number of nitrogens with one attached hydrogen (secondary N) is 1. The van der Waals surface area contributed by atoms with E-state index >= 15 is 0 Å². The molecule has 0 aliphatic heterocycles. The molecule has 5 heteroatoms. The molecular weight excluding hydrogens is 260 g/mol. The Labute approximate surface area is 116 Å². The van der Waals surface area contributed by atoms with Crippen molar-refractivity contribution in [2.45, 2.75) is 31.7 Å². The summed E-state index contributed by atoms with van der Waals surface area (Å²) >= 11 is 0. The highest BCUT2D eigenvalue weighted by molar-refractivity contribution is 7.89. The van der Waals surface area contributed by atoms with Crippen molar-refractivity contribution in [3.8, 4) is 0 Å². The zero-order chi connectivity index (χ0) is 14.6. The van der Waals surface area contributed by atoms with Crippen molar-refractivity contribution in [3.05, 3.63) is 29.8 Å². The van der Waals surface area contributed by atoms with Crippen LogP contribution in [0.15, 0.2) is 29.2 Å². The van der Waals surface area contributed by atoms with Crippen LogP contribution in [0.1, 0.15) is 32.4 Å². The van der Waals surface area contributed by atoms with Crippen molar-refractivity contribution >= 4 is 10.0 Å². The molecule has 0 fully saturated rings. The molecule has 1 rings (SSSR count). The summed E-state index contributed by atoms with van der Waals surface area (Å²) in [6.07, 6.45) is 0. The van der Waals surface area contributed by atoms with E-state index in [9.17, 15) is 8.42 Å². The van der Waals surface area contributed by atoms with E-state index in [0.29, 0.717) is 10.8 Å². The second-order valence-electron chi connectivity index (χ2n) is 5.38. The molecule has 0 radical (unpaired) electrons. The SMILES string of the molecule is CC(C)CNC(C)c1ccc(S(=O)(=O)N(C)C)cc1. The zero-order valence-corrected chi connectivity index (χ0v) is 13.2. The van der Waals surface area contributed by atoms with Crippen LogP contribution in [0.5, 0.6) is 0 Å². The Morgan fingerprint density at radius 1 is 1.11 bits per heavy atom. The highest BCUT2D eigenvalue weighted by Crippen LogP contribution is 2.18. The molecule has 1 aromatic carbocycles. The van der Waals surface area contributed by atoms with Crippen LogP contribution < -0.4 is 5.32 Å². The first kappa shape index (κ1) is 16.1. The molecule has 19 heavy (non-hydrogen) atoms. The number of nitrogens with zero attached hydrogens (tertiary/aromatic N) is 1. The lowest BCUT2D eigenvalue weighted by Gasteiger charge is -2.17. The van der Waals surface area contributed by atoms with Gasteiger partial charge in [-0.3, -0.25) is 0 Å².